The van der Waals surface area contributed by atoms with Gasteiger partial charge in [0.2, 0.25) is 5.91 Å². The predicted octanol–water partition coefficient (Wildman–Crippen LogP) is 4.03. The molecule has 0 unspecified atom stereocenters. The summed E-state index contributed by atoms with van der Waals surface area (Å²) in [6, 6.07) is 20.5. The summed E-state index contributed by atoms with van der Waals surface area (Å²) < 4.78 is 11.2. The molecule has 0 fully saturated rings. The molecule has 0 spiro atoms. The van der Waals surface area contributed by atoms with E-state index in [1.807, 2.05) is 74.5 Å². The Hall–Kier alpha value is -4.13. The van der Waals surface area contributed by atoms with Gasteiger partial charge in [0.05, 0.1) is 23.2 Å². The van der Waals surface area contributed by atoms with Crippen LogP contribution in [0.25, 0.3) is 10.8 Å². The Morgan fingerprint density at radius 3 is 2.31 bits per heavy atom. The molecule has 1 heterocycles. The molecule has 4 rings (SSSR count). The lowest BCUT2D eigenvalue weighted by atomic mass is 10.1. The summed E-state index contributed by atoms with van der Waals surface area (Å²) in [4.78, 5) is 25.2. The fourth-order valence-electron chi connectivity index (χ4n) is 3.39. The van der Waals surface area contributed by atoms with Gasteiger partial charge < -0.3 is 9.26 Å². The zero-order valence-corrected chi connectivity index (χ0v) is 17.8. The lowest BCUT2D eigenvalue weighted by molar-refractivity contribution is -0.121. The van der Waals surface area contributed by atoms with Crippen molar-refractivity contribution in [2.24, 2.45) is 0 Å². The standard InChI is InChI=1S/C25H23N3O4/c1-16-22(17(2)32-28-16)15-31-23-14-20-11-7-6-10-19(20)13-21(23)25(30)27-26-24(29)12-18-8-4-3-5-9-18/h3-11,13-14H,12,15H2,1-2H3,(H,26,29)(H,27,30). The number of carbonyl (C=O) groups excluding carboxylic acids is 2. The van der Waals surface area contributed by atoms with Gasteiger partial charge in [-0.1, -0.05) is 59.8 Å². The molecule has 0 saturated carbocycles. The number of aryl methyl sites for hydroxylation is 2. The highest BCUT2D eigenvalue weighted by atomic mass is 16.5. The molecule has 2 amide bonds. The number of nitrogens with zero attached hydrogens (tertiary/aromatic N) is 1. The second kappa shape index (κ2) is 9.34. The van der Waals surface area contributed by atoms with Crippen LogP contribution < -0.4 is 15.6 Å². The van der Waals surface area contributed by atoms with Crippen molar-refractivity contribution < 1.29 is 18.8 Å². The number of carbonyl (C=O) groups is 2. The van der Waals surface area contributed by atoms with Crippen LogP contribution in [0.4, 0.5) is 0 Å². The van der Waals surface area contributed by atoms with Crippen molar-refractivity contribution in [1.29, 1.82) is 0 Å². The van der Waals surface area contributed by atoms with E-state index in [0.717, 1.165) is 27.6 Å². The first kappa shape index (κ1) is 21.1. The molecule has 4 aromatic rings. The highest BCUT2D eigenvalue weighted by Crippen LogP contribution is 2.27. The van der Waals surface area contributed by atoms with E-state index < -0.39 is 5.91 Å². The number of fused-ring (bicyclic) bond motifs is 1. The van der Waals surface area contributed by atoms with Gasteiger partial charge in [-0.3, -0.25) is 20.4 Å². The van der Waals surface area contributed by atoms with E-state index in [2.05, 4.69) is 16.0 Å². The Labute approximate surface area is 185 Å². The van der Waals surface area contributed by atoms with Crippen molar-refractivity contribution >= 4 is 22.6 Å². The molecule has 0 aliphatic heterocycles. The molecule has 0 atom stereocenters. The van der Waals surface area contributed by atoms with Crippen LogP contribution in [0.15, 0.2) is 71.3 Å². The average Bonchev–Trinajstić information content (AvgIpc) is 3.13. The van der Waals surface area contributed by atoms with Crippen molar-refractivity contribution in [2.75, 3.05) is 0 Å². The molecule has 0 radical (unpaired) electrons. The predicted molar refractivity (Wildman–Crippen MR) is 120 cm³/mol. The Morgan fingerprint density at radius 2 is 1.62 bits per heavy atom. The highest BCUT2D eigenvalue weighted by molar-refractivity contribution is 6.02. The van der Waals surface area contributed by atoms with Crippen LogP contribution in [0.2, 0.25) is 0 Å². The number of ether oxygens (including phenoxy) is 1. The van der Waals surface area contributed by atoms with Crippen LogP contribution in [-0.4, -0.2) is 17.0 Å². The van der Waals surface area contributed by atoms with Gasteiger partial charge in [-0.25, -0.2) is 0 Å². The molecule has 162 valence electrons. The largest absolute Gasteiger partial charge is 0.488 e. The fourth-order valence-corrected chi connectivity index (χ4v) is 3.39. The van der Waals surface area contributed by atoms with Gasteiger partial charge in [0.15, 0.2) is 0 Å². The number of hydrogen-bond acceptors (Lipinski definition) is 5. The van der Waals surface area contributed by atoms with Crippen LogP contribution in [-0.2, 0) is 17.8 Å². The van der Waals surface area contributed by atoms with Crippen LogP contribution in [0.1, 0.15) is 32.9 Å². The topological polar surface area (TPSA) is 93.5 Å². The first-order valence-electron chi connectivity index (χ1n) is 10.2. The van der Waals surface area contributed by atoms with Crippen molar-refractivity contribution in [2.45, 2.75) is 26.9 Å². The number of rotatable bonds is 6. The molecule has 0 aliphatic rings. The second-order valence-corrected chi connectivity index (χ2v) is 7.45. The summed E-state index contributed by atoms with van der Waals surface area (Å²) in [5, 5.41) is 5.76. The number of hydrogen-bond donors (Lipinski definition) is 2. The van der Waals surface area contributed by atoms with Crippen molar-refractivity contribution in [3.63, 3.8) is 0 Å². The molecule has 0 aliphatic carbocycles. The number of aromatic nitrogens is 1. The Bertz CT molecular complexity index is 1250. The first-order chi connectivity index (χ1) is 15.5. The van der Waals surface area contributed by atoms with Gasteiger partial charge in [0, 0.05) is 0 Å². The molecule has 2 N–H and O–H groups in total. The Balaban J connectivity index is 1.52. The third-order valence-electron chi connectivity index (χ3n) is 5.17. The zero-order valence-electron chi connectivity index (χ0n) is 17.8. The maximum atomic E-state index is 12.9. The number of hydrazine groups is 1. The maximum absolute atomic E-state index is 12.9. The van der Waals surface area contributed by atoms with E-state index in [1.165, 1.54) is 0 Å². The summed E-state index contributed by atoms with van der Waals surface area (Å²) in [6.45, 7) is 3.86. The Morgan fingerprint density at radius 1 is 0.938 bits per heavy atom. The third kappa shape index (κ3) is 4.78. The lowest BCUT2D eigenvalue weighted by Crippen LogP contribution is -2.42. The Kier molecular flexibility index (Phi) is 6.17. The van der Waals surface area contributed by atoms with Crippen LogP contribution in [0, 0.1) is 13.8 Å². The van der Waals surface area contributed by atoms with E-state index in [0.29, 0.717) is 17.1 Å². The van der Waals surface area contributed by atoms with Gasteiger partial charge in [-0.2, -0.15) is 0 Å². The highest BCUT2D eigenvalue weighted by Gasteiger charge is 2.17. The normalized spacial score (nSPS) is 10.7. The van der Waals surface area contributed by atoms with Gasteiger partial charge in [0.1, 0.15) is 18.1 Å². The smallest absolute Gasteiger partial charge is 0.273 e. The summed E-state index contributed by atoms with van der Waals surface area (Å²) in [5.74, 6) is 0.287. The molecule has 0 bridgehead atoms. The molecule has 7 nitrogen and oxygen atoms in total. The van der Waals surface area contributed by atoms with Crippen LogP contribution in [0.5, 0.6) is 5.75 Å². The number of amides is 2. The van der Waals surface area contributed by atoms with Gasteiger partial charge >= 0.3 is 0 Å². The van der Waals surface area contributed by atoms with E-state index in [-0.39, 0.29) is 18.9 Å². The monoisotopic (exact) mass is 429 g/mol. The molecule has 3 aromatic carbocycles. The summed E-state index contributed by atoms with van der Waals surface area (Å²) in [6.07, 6.45) is 0.161. The lowest BCUT2D eigenvalue weighted by Gasteiger charge is -2.14. The van der Waals surface area contributed by atoms with Crippen molar-refractivity contribution in [3.8, 4) is 5.75 Å². The fraction of sp³-hybridized carbons (Fsp3) is 0.160. The van der Waals surface area contributed by atoms with Crippen molar-refractivity contribution in [1.82, 2.24) is 16.0 Å². The van der Waals surface area contributed by atoms with Crippen LogP contribution >= 0.6 is 0 Å². The SMILES string of the molecule is Cc1noc(C)c1COc1cc2ccccc2cc1C(=O)NNC(=O)Cc1ccccc1. The molecule has 0 saturated heterocycles. The minimum Gasteiger partial charge on any atom is -0.488 e. The molecular weight excluding hydrogens is 406 g/mol. The van der Waals surface area contributed by atoms with E-state index in [4.69, 9.17) is 9.26 Å². The van der Waals surface area contributed by atoms with Gasteiger partial charge in [0.25, 0.3) is 5.91 Å². The molecular formula is C25H23N3O4. The molecule has 32 heavy (non-hydrogen) atoms. The zero-order chi connectivity index (χ0) is 22.5. The number of nitrogens with one attached hydrogen (secondary N) is 2. The molecule has 1 aromatic heterocycles. The minimum atomic E-state index is -0.467. The summed E-state index contributed by atoms with van der Waals surface area (Å²) in [7, 11) is 0. The number of benzene rings is 3. The van der Waals surface area contributed by atoms with Crippen LogP contribution in [0.3, 0.4) is 0 Å². The minimum absolute atomic E-state index is 0.161. The first-order valence-corrected chi connectivity index (χ1v) is 10.2. The van der Waals surface area contributed by atoms with E-state index in [1.54, 1.807) is 6.07 Å². The molecule has 7 heteroatoms. The van der Waals surface area contributed by atoms with Gasteiger partial charge in [-0.15, -0.1) is 0 Å². The summed E-state index contributed by atoms with van der Waals surface area (Å²) in [5.41, 5.74) is 7.71. The maximum Gasteiger partial charge on any atom is 0.273 e. The van der Waals surface area contributed by atoms with E-state index >= 15 is 0 Å². The quantitative estimate of drug-likeness (QED) is 0.452. The average molecular weight is 429 g/mol. The second-order valence-electron chi connectivity index (χ2n) is 7.45. The third-order valence-corrected chi connectivity index (χ3v) is 5.17. The summed E-state index contributed by atoms with van der Waals surface area (Å²) >= 11 is 0. The van der Waals surface area contributed by atoms with Gasteiger partial charge in [-0.05, 0) is 42.3 Å². The van der Waals surface area contributed by atoms with Crippen molar-refractivity contribution in [3.05, 3.63) is 94.9 Å². The van der Waals surface area contributed by atoms with E-state index in [9.17, 15) is 9.59 Å².